The molecule has 18 heavy (non-hydrogen) atoms. The standard InChI is InChI=1S/C17H35N/c1-4-15(3)17-12-16(17)11-9-7-5-6-8-10-14(2)13-18/h14-17H,4-13,18H2,1-3H3/t14?,15?,16-,17+/m0/s1. The zero-order chi connectivity index (χ0) is 13.4. The predicted octanol–water partition coefficient (Wildman–Crippen LogP) is 4.99. The molecule has 0 aromatic rings. The molecule has 1 heteroatoms. The smallest absolute Gasteiger partial charge is 0.00515 e. The molecule has 0 amide bonds. The third-order valence-corrected chi connectivity index (χ3v) is 5.03. The molecule has 0 aromatic heterocycles. The number of unbranched alkanes of at least 4 members (excludes halogenated alkanes) is 4. The molecule has 0 radical (unpaired) electrons. The Morgan fingerprint density at radius 2 is 1.72 bits per heavy atom. The van der Waals surface area contributed by atoms with Crippen LogP contribution in [0.4, 0.5) is 0 Å². The Morgan fingerprint density at radius 1 is 1.06 bits per heavy atom. The summed E-state index contributed by atoms with van der Waals surface area (Å²) in [6, 6.07) is 0. The van der Waals surface area contributed by atoms with Gasteiger partial charge in [0.25, 0.3) is 0 Å². The van der Waals surface area contributed by atoms with Crippen molar-refractivity contribution in [1.82, 2.24) is 0 Å². The lowest BCUT2D eigenvalue weighted by Gasteiger charge is -2.08. The molecule has 1 rings (SSSR count). The van der Waals surface area contributed by atoms with Crippen LogP contribution in [-0.4, -0.2) is 6.54 Å². The van der Waals surface area contributed by atoms with Gasteiger partial charge in [0, 0.05) is 0 Å². The minimum Gasteiger partial charge on any atom is -0.330 e. The van der Waals surface area contributed by atoms with E-state index in [9.17, 15) is 0 Å². The average molecular weight is 253 g/mol. The van der Waals surface area contributed by atoms with Crippen molar-refractivity contribution in [3.8, 4) is 0 Å². The second kappa shape index (κ2) is 8.96. The van der Waals surface area contributed by atoms with Gasteiger partial charge in [-0.05, 0) is 43.1 Å². The van der Waals surface area contributed by atoms with Crippen LogP contribution in [0.1, 0.15) is 78.6 Å². The third kappa shape index (κ3) is 6.22. The maximum absolute atomic E-state index is 5.62. The summed E-state index contributed by atoms with van der Waals surface area (Å²) in [6.07, 6.45) is 12.9. The fourth-order valence-corrected chi connectivity index (χ4v) is 3.15. The van der Waals surface area contributed by atoms with Gasteiger partial charge in [-0.25, -0.2) is 0 Å². The molecule has 0 bridgehead atoms. The maximum atomic E-state index is 5.62. The van der Waals surface area contributed by atoms with Gasteiger partial charge in [0.1, 0.15) is 0 Å². The number of nitrogens with two attached hydrogens (primary N) is 1. The molecule has 1 aliphatic rings. The van der Waals surface area contributed by atoms with Crippen molar-refractivity contribution in [2.75, 3.05) is 6.54 Å². The van der Waals surface area contributed by atoms with Gasteiger partial charge < -0.3 is 5.73 Å². The summed E-state index contributed by atoms with van der Waals surface area (Å²) in [4.78, 5) is 0. The maximum Gasteiger partial charge on any atom is -0.00515 e. The fraction of sp³-hybridized carbons (Fsp3) is 1.00. The number of hydrogen-bond acceptors (Lipinski definition) is 1. The Morgan fingerprint density at radius 3 is 2.39 bits per heavy atom. The van der Waals surface area contributed by atoms with Gasteiger partial charge in [-0.15, -0.1) is 0 Å². The Bertz CT molecular complexity index is 202. The molecule has 2 unspecified atom stereocenters. The van der Waals surface area contributed by atoms with Gasteiger partial charge in [0.05, 0.1) is 0 Å². The molecular formula is C17H35N. The second-order valence-corrected chi connectivity index (χ2v) is 6.73. The van der Waals surface area contributed by atoms with Crippen LogP contribution in [0, 0.1) is 23.7 Å². The van der Waals surface area contributed by atoms with Crippen LogP contribution >= 0.6 is 0 Å². The van der Waals surface area contributed by atoms with Crippen LogP contribution in [-0.2, 0) is 0 Å². The highest BCUT2D eigenvalue weighted by molar-refractivity contribution is 4.88. The lowest BCUT2D eigenvalue weighted by atomic mass is 9.99. The summed E-state index contributed by atoms with van der Waals surface area (Å²) in [5.41, 5.74) is 5.62. The van der Waals surface area contributed by atoms with Gasteiger partial charge in [0.2, 0.25) is 0 Å². The quantitative estimate of drug-likeness (QED) is 0.516. The van der Waals surface area contributed by atoms with E-state index < -0.39 is 0 Å². The molecular weight excluding hydrogens is 218 g/mol. The van der Waals surface area contributed by atoms with E-state index in [2.05, 4.69) is 20.8 Å². The molecule has 2 N–H and O–H groups in total. The highest BCUT2D eigenvalue weighted by atomic mass is 14.5. The van der Waals surface area contributed by atoms with Crippen molar-refractivity contribution in [3.63, 3.8) is 0 Å². The van der Waals surface area contributed by atoms with Crippen molar-refractivity contribution in [1.29, 1.82) is 0 Å². The zero-order valence-electron chi connectivity index (χ0n) is 13.0. The van der Waals surface area contributed by atoms with Crippen molar-refractivity contribution in [3.05, 3.63) is 0 Å². The zero-order valence-corrected chi connectivity index (χ0v) is 13.0. The molecule has 1 fully saturated rings. The first-order chi connectivity index (χ1) is 8.69. The molecule has 0 saturated heterocycles. The first kappa shape index (κ1) is 16.0. The van der Waals surface area contributed by atoms with Crippen LogP contribution in [0.3, 0.4) is 0 Å². The SMILES string of the molecule is CCC(C)[C@H]1C[C@@H]1CCCCCCCC(C)CN. The van der Waals surface area contributed by atoms with Gasteiger partial charge in [-0.2, -0.15) is 0 Å². The van der Waals surface area contributed by atoms with E-state index in [4.69, 9.17) is 5.73 Å². The van der Waals surface area contributed by atoms with Crippen LogP contribution in [0.25, 0.3) is 0 Å². The molecule has 1 nitrogen and oxygen atoms in total. The van der Waals surface area contributed by atoms with Gasteiger partial charge in [-0.3, -0.25) is 0 Å². The minimum atomic E-state index is 0.729. The molecule has 1 aliphatic carbocycles. The first-order valence-electron chi connectivity index (χ1n) is 8.39. The molecule has 0 heterocycles. The summed E-state index contributed by atoms with van der Waals surface area (Å²) in [6.45, 7) is 7.90. The van der Waals surface area contributed by atoms with Crippen LogP contribution in [0.5, 0.6) is 0 Å². The van der Waals surface area contributed by atoms with Gasteiger partial charge in [0.15, 0.2) is 0 Å². The summed E-state index contributed by atoms with van der Waals surface area (Å²) in [5.74, 6) is 3.89. The van der Waals surface area contributed by atoms with E-state index in [1.54, 1.807) is 0 Å². The lowest BCUT2D eigenvalue weighted by molar-refractivity contribution is 0.439. The van der Waals surface area contributed by atoms with Gasteiger partial charge >= 0.3 is 0 Å². The Kier molecular flexibility index (Phi) is 7.97. The van der Waals surface area contributed by atoms with Crippen LogP contribution < -0.4 is 5.73 Å². The summed E-state index contributed by atoms with van der Waals surface area (Å²) >= 11 is 0. The summed E-state index contributed by atoms with van der Waals surface area (Å²) < 4.78 is 0. The molecule has 0 spiro atoms. The molecule has 4 atom stereocenters. The topological polar surface area (TPSA) is 26.0 Å². The van der Waals surface area contributed by atoms with E-state index in [-0.39, 0.29) is 0 Å². The molecule has 108 valence electrons. The second-order valence-electron chi connectivity index (χ2n) is 6.73. The molecule has 1 saturated carbocycles. The molecule has 0 aromatic carbocycles. The van der Waals surface area contributed by atoms with Crippen LogP contribution in [0.15, 0.2) is 0 Å². The minimum absolute atomic E-state index is 0.729. The van der Waals surface area contributed by atoms with E-state index in [0.29, 0.717) is 0 Å². The monoisotopic (exact) mass is 253 g/mol. The largest absolute Gasteiger partial charge is 0.330 e. The van der Waals surface area contributed by atoms with Crippen molar-refractivity contribution < 1.29 is 0 Å². The molecule has 0 aliphatic heterocycles. The van der Waals surface area contributed by atoms with Crippen molar-refractivity contribution >= 4 is 0 Å². The van der Waals surface area contributed by atoms with Crippen molar-refractivity contribution in [2.45, 2.75) is 78.6 Å². The number of hydrogen-bond donors (Lipinski definition) is 1. The van der Waals surface area contributed by atoms with E-state index in [1.807, 2.05) is 0 Å². The fourth-order valence-electron chi connectivity index (χ4n) is 3.15. The third-order valence-electron chi connectivity index (χ3n) is 5.03. The van der Waals surface area contributed by atoms with Crippen molar-refractivity contribution in [2.24, 2.45) is 29.4 Å². The first-order valence-corrected chi connectivity index (χ1v) is 8.39. The van der Waals surface area contributed by atoms with E-state index in [0.717, 1.165) is 30.2 Å². The number of rotatable bonds is 11. The van der Waals surface area contributed by atoms with Crippen LogP contribution in [0.2, 0.25) is 0 Å². The highest BCUT2D eigenvalue weighted by Gasteiger charge is 2.38. The predicted molar refractivity (Wildman–Crippen MR) is 81.6 cm³/mol. The normalized spacial score (nSPS) is 26.0. The van der Waals surface area contributed by atoms with Gasteiger partial charge in [-0.1, -0.05) is 65.7 Å². The van der Waals surface area contributed by atoms with E-state index in [1.165, 1.54) is 57.8 Å². The average Bonchev–Trinajstić information content (AvgIpc) is 3.15. The lowest BCUT2D eigenvalue weighted by Crippen LogP contribution is -2.10. The summed E-state index contributed by atoms with van der Waals surface area (Å²) in [5, 5.41) is 0. The Labute approximate surface area is 115 Å². The Hall–Kier alpha value is -0.0400. The highest BCUT2D eigenvalue weighted by Crippen LogP contribution is 2.48. The van der Waals surface area contributed by atoms with E-state index >= 15 is 0 Å². The Balaban J connectivity index is 1.83. The summed E-state index contributed by atoms with van der Waals surface area (Å²) in [7, 11) is 0.